The first-order chi connectivity index (χ1) is 9.54. The molecule has 0 bridgehead atoms. The summed E-state index contributed by atoms with van der Waals surface area (Å²) in [5.41, 5.74) is 5.85. The number of hydrogen-bond acceptors (Lipinski definition) is 4. The molecule has 3 rings (SSSR count). The lowest BCUT2D eigenvalue weighted by molar-refractivity contribution is 0.373. The highest BCUT2D eigenvalue weighted by Crippen LogP contribution is 2.21. The average molecular weight is 335 g/mol. The molecule has 21 heavy (non-hydrogen) atoms. The molecule has 6 nitrogen and oxygen atoms in total. The Bertz CT molecular complexity index is 555. The first-order valence-corrected chi connectivity index (χ1v) is 8.87. The Kier molecular flexibility index (Phi) is 5.29. The predicted octanol–water partition coefficient (Wildman–Crippen LogP) is 1.19. The summed E-state index contributed by atoms with van der Waals surface area (Å²) in [4.78, 5) is 4.29. The molecule has 1 fully saturated rings. The molecular weight excluding hydrogens is 312 g/mol. The number of sulfonamides is 1. The molecule has 0 aromatic carbocycles. The molecule has 8 heteroatoms. The van der Waals surface area contributed by atoms with E-state index in [1.165, 1.54) is 0 Å². The Hall–Kier alpha value is -0.630. The lowest BCUT2D eigenvalue weighted by Gasteiger charge is -2.26. The minimum absolute atomic E-state index is 0. The Morgan fingerprint density at radius 3 is 2.62 bits per heavy atom. The van der Waals surface area contributed by atoms with E-state index in [1.807, 2.05) is 4.57 Å². The van der Waals surface area contributed by atoms with Crippen molar-refractivity contribution in [1.29, 1.82) is 0 Å². The predicted molar refractivity (Wildman–Crippen MR) is 83.0 cm³/mol. The molecule has 1 aliphatic carbocycles. The third-order valence-corrected chi connectivity index (χ3v) is 5.65. The lowest BCUT2D eigenvalue weighted by atomic mass is 9.93. The van der Waals surface area contributed by atoms with E-state index in [2.05, 4.69) is 9.71 Å². The highest BCUT2D eigenvalue weighted by Gasteiger charge is 2.27. The molecule has 0 atom stereocenters. The number of aromatic nitrogens is 2. The molecule has 0 saturated heterocycles. The van der Waals surface area contributed by atoms with Gasteiger partial charge in [0, 0.05) is 31.2 Å². The van der Waals surface area contributed by atoms with E-state index < -0.39 is 10.0 Å². The highest BCUT2D eigenvalue weighted by atomic mass is 35.5. The molecule has 0 spiro atoms. The van der Waals surface area contributed by atoms with Crippen molar-refractivity contribution in [2.75, 3.05) is 0 Å². The number of halogens is 1. The van der Waals surface area contributed by atoms with Crippen LogP contribution in [-0.2, 0) is 23.0 Å². The van der Waals surface area contributed by atoms with Crippen LogP contribution in [0.1, 0.15) is 44.3 Å². The number of nitrogens with two attached hydrogens (primary N) is 1. The Labute approximate surface area is 132 Å². The van der Waals surface area contributed by atoms with Gasteiger partial charge in [-0.05, 0) is 38.5 Å². The van der Waals surface area contributed by atoms with Gasteiger partial charge in [-0.2, -0.15) is 0 Å². The molecule has 1 saturated carbocycles. The van der Waals surface area contributed by atoms with Crippen molar-refractivity contribution in [3.63, 3.8) is 0 Å². The van der Waals surface area contributed by atoms with Crippen LogP contribution >= 0.6 is 12.4 Å². The van der Waals surface area contributed by atoms with Gasteiger partial charge < -0.3 is 10.3 Å². The Morgan fingerprint density at radius 1 is 1.24 bits per heavy atom. The summed E-state index contributed by atoms with van der Waals surface area (Å²) in [7, 11) is -3.49. The van der Waals surface area contributed by atoms with Crippen LogP contribution < -0.4 is 10.5 Å². The van der Waals surface area contributed by atoms with Gasteiger partial charge in [-0.3, -0.25) is 0 Å². The van der Waals surface area contributed by atoms with Gasteiger partial charge >= 0.3 is 0 Å². The largest absolute Gasteiger partial charge is 0.333 e. The summed E-state index contributed by atoms with van der Waals surface area (Å²) in [5, 5.41) is 0.171. The zero-order valence-corrected chi connectivity index (χ0v) is 13.6. The highest BCUT2D eigenvalue weighted by molar-refractivity contribution is 7.89. The fourth-order valence-electron chi connectivity index (χ4n) is 3.03. The van der Waals surface area contributed by atoms with Crippen LogP contribution in [0.2, 0.25) is 0 Å². The first-order valence-electron chi connectivity index (χ1n) is 7.38. The van der Waals surface area contributed by atoms with E-state index >= 15 is 0 Å². The molecule has 2 aliphatic rings. The van der Waals surface area contributed by atoms with Crippen LogP contribution in [0.15, 0.2) is 11.2 Å². The van der Waals surface area contributed by atoms with Crippen molar-refractivity contribution in [1.82, 2.24) is 14.3 Å². The summed E-state index contributed by atoms with van der Waals surface area (Å²) in [6.07, 6.45) is 8.11. The second-order valence-corrected chi connectivity index (χ2v) is 7.54. The molecule has 2 heterocycles. The Morgan fingerprint density at radius 2 is 1.95 bits per heavy atom. The van der Waals surface area contributed by atoms with Crippen molar-refractivity contribution in [2.24, 2.45) is 5.73 Å². The first kappa shape index (κ1) is 16.7. The molecule has 0 radical (unpaired) electrons. The van der Waals surface area contributed by atoms with Gasteiger partial charge in [0.25, 0.3) is 10.0 Å². The van der Waals surface area contributed by atoms with Crippen molar-refractivity contribution >= 4 is 22.4 Å². The number of rotatable bonds is 3. The van der Waals surface area contributed by atoms with E-state index in [4.69, 9.17) is 5.73 Å². The number of nitrogens with one attached hydrogen (secondary N) is 1. The van der Waals surface area contributed by atoms with E-state index in [1.54, 1.807) is 6.20 Å². The van der Waals surface area contributed by atoms with Gasteiger partial charge in [0.2, 0.25) is 0 Å². The SMILES string of the molecule is Cl.NC1CCC(NS(=O)(=O)c2cn3c(n2)CCCC3)CC1. The maximum absolute atomic E-state index is 12.4. The van der Waals surface area contributed by atoms with E-state index in [-0.39, 0.29) is 29.5 Å². The van der Waals surface area contributed by atoms with Crippen molar-refractivity contribution in [2.45, 2.75) is 68.6 Å². The summed E-state index contributed by atoms with van der Waals surface area (Å²) in [5.74, 6) is 0.891. The van der Waals surface area contributed by atoms with Gasteiger partial charge in [0.1, 0.15) is 5.82 Å². The molecule has 120 valence electrons. The normalized spacial score (nSPS) is 26.0. The smallest absolute Gasteiger partial charge is 0.259 e. The van der Waals surface area contributed by atoms with Crippen molar-refractivity contribution in [3.05, 3.63) is 12.0 Å². The number of nitrogens with zero attached hydrogens (tertiary/aromatic N) is 2. The van der Waals surface area contributed by atoms with Gasteiger partial charge in [-0.1, -0.05) is 0 Å². The number of imidazole rings is 1. The molecule has 0 unspecified atom stereocenters. The average Bonchev–Trinajstić information content (AvgIpc) is 2.86. The Balaban J connectivity index is 0.00000161. The zero-order chi connectivity index (χ0) is 14.2. The van der Waals surface area contributed by atoms with E-state index in [0.29, 0.717) is 0 Å². The lowest BCUT2D eigenvalue weighted by Crippen LogP contribution is -2.40. The summed E-state index contributed by atoms with van der Waals surface area (Å²) >= 11 is 0. The fourth-order valence-corrected chi connectivity index (χ4v) is 4.32. The summed E-state index contributed by atoms with van der Waals surface area (Å²) in [6.45, 7) is 0.871. The maximum atomic E-state index is 12.4. The summed E-state index contributed by atoms with van der Waals surface area (Å²) in [6, 6.07) is 0.217. The second-order valence-electron chi connectivity index (χ2n) is 5.88. The van der Waals surface area contributed by atoms with Crippen LogP contribution in [0.4, 0.5) is 0 Å². The minimum Gasteiger partial charge on any atom is -0.333 e. The standard InChI is InChI=1S/C13H22N4O2S.ClH/c14-10-4-6-11(7-5-10)16-20(18,19)13-9-17-8-2-1-3-12(17)15-13;/h9-11,16H,1-8,14H2;1H. The number of hydrogen-bond donors (Lipinski definition) is 2. The van der Waals surface area contributed by atoms with Gasteiger partial charge in [0.15, 0.2) is 5.03 Å². The molecule has 3 N–H and O–H groups in total. The second kappa shape index (κ2) is 6.64. The maximum Gasteiger partial charge on any atom is 0.259 e. The van der Waals surface area contributed by atoms with Gasteiger partial charge in [-0.15, -0.1) is 12.4 Å². The van der Waals surface area contributed by atoms with Crippen molar-refractivity contribution < 1.29 is 8.42 Å². The van der Waals surface area contributed by atoms with E-state index in [9.17, 15) is 8.42 Å². The van der Waals surface area contributed by atoms with Crippen LogP contribution in [0.5, 0.6) is 0 Å². The third-order valence-electron chi connectivity index (χ3n) is 4.26. The molecule has 0 amide bonds. The van der Waals surface area contributed by atoms with Gasteiger partial charge in [-0.25, -0.2) is 18.1 Å². The number of fused-ring (bicyclic) bond motifs is 1. The zero-order valence-electron chi connectivity index (χ0n) is 12.0. The van der Waals surface area contributed by atoms with Crippen LogP contribution in [-0.4, -0.2) is 30.1 Å². The van der Waals surface area contributed by atoms with Crippen molar-refractivity contribution in [3.8, 4) is 0 Å². The molecule has 1 aromatic rings. The minimum atomic E-state index is -3.49. The third kappa shape index (κ3) is 3.77. The molecular formula is C13H23ClN4O2S. The van der Waals surface area contributed by atoms with E-state index in [0.717, 1.165) is 57.3 Å². The summed E-state index contributed by atoms with van der Waals surface area (Å²) < 4.78 is 29.5. The van der Waals surface area contributed by atoms with Crippen LogP contribution in [0.25, 0.3) is 0 Å². The fraction of sp³-hybridized carbons (Fsp3) is 0.769. The topological polar surface area (TPSA) is 90.0 Å². The molecule has 1 aromatic heterocycles. The monoisotopic (exact) mass is 334 g/mol. The quantitative estimate of drug-likeness (QED) is 0.868. The van der Waals surface area contributed by atoms with Crippen LogP contribution in [0, 0.1) is 0 Å². The molecule has 1 aliphatic heterocycles. The van der Waals surface area contributed by atoms with Gasteiger partial charge in [0.05, 0.1) is 0 Å². The number of aryl methyl sites for hydroxylation is 2. The van der Waals surface area contributed by atoms with Crippen LogP contribution in [0.3, 0.4) is 0 Å².